The van der Waals surface area contributed by atoms with E-state index in [0.717, 1.165) is 29.9 Å². The van der Waals surface area contributed by atoms with E-state index < -0.39 is 0 Å². The Hall–Kier alpha value is -2.02. The van der Waals surface area contributed by atoms with Crippen molar-refractivity contribution in [1.82, 2.24) is 19.7 Å². The Kier molecular flexibility index (Phi) is 4.30. The Morgan fingerprint density at radius 1 is 1.35 bits per heavy atom. The standard InChI is InChI=1S/C16H19BrN4O2/c1-10-7-11(2)21(19-10)6-4-5-18-16(22)13-8-14-12(20(13)3)9-15(17)23-14/h7-9H,4-6H2,1-3H3,(H,18,22). The molecule has 7 heteroatoms. The molecule has 0 spiro atoms. The van der Waals surface area contributed by atoms with Gasteiger partial charge in [-0.3, -0.25) is 9.48 Å². The first kappa shape index (κ1) is 15.9. The van der Waals surface area contributed by atoms with Crippen LogP contribution in [0.5, 0.6) is 0 Å². The number of carbonyl (C=O) groups excluding carboxylic acids is 1. The molecule has 1 amide bonds. The summed E-state index contributed by atoms with van der Waals surface area (Å²) in [4.78, 5) is 12.3. The van der Waals surface area contributed by atoms with Crippen molar-refractivity contribution in [3.05, 3.63) is 40.0 Å². The Morgan fingerprint density at radius 2 is 2.13 bits per heavy atom. The van der Waals surface area contributed by atoms with Crippen LogP contribution in [0, 0.1) is 13.8 Å². The molecular formula is C16H19BrN4O2. The fourth-order valence-corrected chi connectivity index (χ4v) is 3.11. The lowest BCUT2D eigenvalue weighted by molar-refractivity contribution is 0.0945. The van der Waals surface area contributed by atoms with Crippen LogP contribution in [-0.4, -0.2) is 26.8 Å². The number of furan rings is 1. The van der Waals surface area contributed by atoms with Crippen molar-refractivity contribution < 1.29 is 9.21 Å². The molecule has 3 heterocycles. The fraction of sp³-hybridized carbons (Fsp3) is 0.375. The lowest BCUT2D eigenvalue weighted by atomic mass is 10.3. The molecule has 0 aromatic carbocycles. The van der Waals surface area contributed by atoms with E-state index in [1.165, 1.54) is 0 Å². The zero-order valence-electron chi connectivity index (χ0n) is 13.4. The van der Waals surface area contributed by atoms with Gasteiger partial charge < -0.3 is 14.3 Å². The summed E-state index contributed by atoms with van der Waals surface area (Å²) in [7, 11) is 1.86. The number of carbonyl (C=O) groups is 1. The van der Waals surface area contributed by atoms with Crippen LogP contribution in [0.25, 0.3) is 11.1 Å². The minimum atomic E-state index is -0.0941. The third-order valence-corrected chi connectivity index (χ3v) is 4.26. The van der Waals surface area contributed by atoms with Gasteiger partial charge in [-0.05, 0) is 42.3 Å². The summed E-state index contributed by atoms with van der Waals surface area (Å²) < 4.78 is 9.94. The molecule has 0 aliphatic heterocycles. The summed E-state index contributed by atoms with van der Waals surface area (Å²) >= 11 is 3.29. The number of halogens is 1. The Labute approximate surface area is 142 Å². The van der Waals surface area contributed by atoms with Crippen molar-refractivity contribution in [2.24, 2.45) is 7.05 Å². The molecular weight excluding hydrogens is 360 g/mol. The first-order valence-corrected chi connectivity index (χ1v) is 8.29. The third kappa shape index (κ3) is 3.19. The maximum Gasteiger partial charge on any atom is 0.268 e. The molecule has 0 aliphatic rings. The second kappa shape index (κ2) is 6.23. The van der Waals surface area contributed by atoms with Crippen LogP contribution < -0.4 is 5.32 Å². The van der Waals surface area contributed by atoms with Crippen LogP contribution >= 0.6 is 15.9 Å². The fourth-order valence-electron chi connectivity index (χ4n) is 2.72. The average molecular weight is 379 g/mol. The van der Waals surface area contributed by atoms with Gasteiger partial charge in [0.05, 0.1) is 11.2 Å². The minimum absolute atomic E-state index is 0.0941. The number of hydrogen-bond donors (Lipinski definition) is 1. The van der Waals surface area contributed by atoms with Gasteiger partial charge in [0.15, 0.2) is 10.3 Å². The number of rotatable bonds is 5. The zero-order chi connectivity index (χ0) is 16.6. The number of fused-ring (bicyclic) bond motifs is 1. The molecule has 0 bridgehead atoms. The van der Waals surface area contributed by atoms with Crippen LogP contribution in [0.15, 0.2) is 27.3 Å². The van der Waals surface area contributed by atoms with Crippen molar-refractivity contribution >= 4 is 32.9 Å². The van der Waals surface area contributed by atoms with Crippen LogP contribution in [0.1, 0.15) is 28.3 Å². The van der Waals surface area contributed by atoms with Crippen LogP contribution in [0.2, 0.25) is 0 Å². The lowest BCUT2D eigenvalue weighted by Gasteiger charge is -2.07. The molecule has 3 aromatic rings. The summed E-state index contributed by atoms with van der Waals surface area (Å²) in [6.07, 6.45) is 0.833. The molecule has 0 saturated carbocycles. The molecule has 0 radical (unpaired) electrons. The summed E-state index contributed by atoms with van der Waals surface area (Å²) in [6.45, 7) is 5.42. The highest BCUT2D eigenvalue weighted by Crippen LogP contribution is 2.25. The largest absolute Gasteiger partial charge is 0.448 e. The van der Waals surface area contributed by atoms with E-state index >= 15 is 0 Å². The molecule has 1 N–H and O–H groups in total. The van der Waals surface area contributed by atoms with E-state index in [0.29, 0.717) is 22.5 Å². The molecule has 0 fully saturated rings. The van der Waals surface area contributed by atoms with Crippen LogP contribution in [0.4, 0.5) is 0 Å². The van der Waals surface area contributed by atoms with Crippen molar-refractivity contribution in [3.63, 3.8) is 0 Å². The summed E-state index contributed by atoms with van der Waals surface area (Å²) in [5.74, 6) is -0.0941. The van der Waals surface area contributed by atoms with E-state index in [-0.39, 0.29) is 5.91 Å². The van der Waals surface area contributed by atoms with Gasteiger partial charge in [0.2, 0.25) is 0 Å². The van der Waals surface area contributed by atoms with E-state index in [2.05, 4.69) is 32.4 Å². The molecule has 0 aliphatic carbocycles. The van der Waals surface area contributed by atoms with Crippen LogP contribution in [0.3, 0.4) is 0 Å². The number of aryl methyl sites for hydroxylation is 4. The number of nitrogens with zero attached hydrogens (tertiary/aromatic N) is 3. The highest BCUT2D eigenvalue weighted by molar-refractivity contribution is 9.10. The smallest absolute Gasteiger partial charge is 0.268 e. The zero-order valence-corrected chi connectivity index (χ0v) is 15.0. The van der Waals surface area contributed by atoms with Gasteiger partial charge in [-0.15, -0.1) is 0 Å². The average Bonchev–Trinajstić information content (AvgIpc) is 3.10. The highest BCUT2D eigenvalue weighted by Gasteiger charge is 2.16. The van der Waals surface area contributed by atoms with Crippen molar-refractivity contribution in [2.45, 2.75) is 26.8 Å². The van der Waals surface area contributed by atoms with Crippen molar-refractivity contribution in [3.8, 4) is 0 Å². The Bertz CT molecular complexity index is 859. The van der Waals surface area contributed by atoms with Gasteiger partial charge in [-0.2, -0.15) is 5.10 Å². The van der Waals surface area contributed by atoms with Gasteiger partial charge in [0.1, 0.15) is 5.69 Å². The molecule has 122 valence electrons. The van der Waals surface area contributed by atoms with Gasteiger partial charge in [-0.25, -0.2) is 0 Å². The highest BCUT2D eigenvalue weighted by atomic mass is 79.9. The summed E-state index contributed by atoms with van der Waals surface area (Å²) in [5.41, 5.74) is 4.35. The molecule has 23 heavy (non-hydrogen) atoms. The summed E-state index contributed by atoms with van der Waals surface area (Å²) in [5, 5.41) is 7.36. The Balaban J connectivity index is 1.57. The van der Waals surface area contributed by atoms with Gasteiger partial charge in [-0.1, -0.05) is 0 Å². The van der Waals surface area contributed by atoms with E-state index in [1.54, 1.807) is 6.07 Å². The second-order valence-corrected chi connectivity index (χ2v) is 6.43. The Morgan fingerprint density at radius 3 is 2.78 bits per heavy atom. The van der Waals surface area contributed by atoms with E-state index in [1.807, 2.05) is 36.2 Å². The minimum Gasteiger partial charge on any atom is -0.448 e. The second-order valence-electron chi connectivity index (χ2n) is 5.65. The lowest BCUT2D eigenvalue weighted by Crippen LogP contribution is -2.27. The SMILES string of the molecule is Cc1cc(C)n(CCCNC(=O)c2cc3oc(Br)cc3n2C)n1. The van der Waals surface area contributed by atoms with Gasteiger partial charge in [0, 0.05) is 38.0 Å². The molecule has 0 saturated heterocycles. The number of aromatic nitrogens is 3. The van der Waals surface area contributed by atoms with E-state index in [4.69, 9.17) is 4.42 Å². The monoisotopic (exact) mass is 378 g/mol. The third-order valence-electron chi connectivity index (χ3n) is 3.87. The van der Waals surface area contributed by atoms with Crippen molar-refractivity contribution in [2.75, 3.05) is 6.54 Å². The number of nitrogens with one attached hydrogen (secondary N) is 1. The molecule has 3 aromatic heterocycles. The first-order chi connectivity index (χ1) is 11.0. The maximum absolute atomic E-state index is 12.3. The quantitative estimate of drug-likeness (QED) is 0.693. The van der Waals surface area contributed by atoms with Crippen molar-refractivity contribution in [1.29, 1.82) is 0 Å². The van der Waals surface area contributed by atoms with Gasteiger partial charge >= 0.3 is 0 Å². The molecule has 3 rings (SSSR count). The predicted molar refractivity (Wildman–Crippen MR) is 91.5 cm³/mol. The topological polar surface area (TPSA) is 65.0 Å². The normalized spacial score (nSPS) is 11.3. The van der Waals surface area contributed by atoms with Gasteiger partial charge in [0.25, 0.3) is 5.91 Å². The summed E-state index contributed by atoms with van der Waals surface area (Å²) in [6, 6.07) is 5.67. The number of amides is 1. The van der Waals surface area contributed by atoms with Crippen LogP contribution in [-0.2, 0) is 13.6 Å². The van der Waals surface area contributed by atoms with E-state index in [9.17, 15) is 4.79 Å². The molecule has 0 unspecified atom stereocenters. The molecule has 0 atom stereocenters. The maximum atomic E-state index is 12.3. The molecule has 6 nitrogen and oxygen atoms in total. The number of hydrogen-bond acceptors (Lipinski definition) is 3. The first-order valence-electron chi connectivity index (χ1n) is 7.49. The predicted octanol–water partition coefficient (Wildman–Crippen LogP) is 3.17.